The van der Waals surface area contributed by atoms with E-state index in [1.54, 1.807) is 44.2 Å². The van der Waals surface area contributed by atoms with Gasteiger partial charge in [0.05, 0.1) is 17.0 Å². The quantitative estimate of drug-likeness (QED) is 0.262. The molecule has 1 fully saturated rings. The molecule has 2 aromatic carbocycles. The molecule has 184 valence electrons. The lowest BCUT2D eigenvalue weighted by atomic mass is 9.97. The van der Waals surface area contributed by atoms with Gasteiger partial charge in [-0.3, -0.25) is 14.7 Å². The highest BCUT2D eigenvalue weighted by Crippen LogP contribution is 2.39. The number of nitrogens with one attached hydrogen (secondary N) is 4. The van der Waals surface area contributed by atoms with Gasteiger partial charge in [-0.1, -0.05) is 12.1 Å². The lowest BCUT2D eigenvalue weighted by Gasteiger charge is -2.17. The normalized spacial score (nSPS) is 13.4. The van der Waals surface area contributed by atoms with Crippen molar-refractivity contribution in [1.29, 1.82) is 0 Å². The lowest BCUT2D eigenvalue weighted by Crippen LogP contribution is -2.17. The van der Waals surface area contributed by atoms with Gasteiger partial charge in [0.1, 0.15) is 11.5 Å². The third kappa shape index (κ3) is 5.03. The van der Waals surface area contributed by atoms with E-state index in [1.165, 1.54) is 18.2 Å². The minimum atomic E-state index is -1.04. The largest absolute Gasteiger partial charge is 0.386 e. The number of amides is 1. The minimum Gasteiger partial charge on any atom is -0.386 e. The summed E-state index contributed by atoms with van der Waals surface area (Å²) in [4.78, 5) is 25.0. The summed E-state index contributed by atoms with van der Waals surface area (Å²) in [5.41, 5.74) is 1.58. The summed E-state index contributed by atoms with van der Waals surface area (Å²) in [7, 11) is 0. The molecule has 2 heterocycles. The highest BCUT2D eigenvalue weighted by atomic mass is 19.1. The molecule has 1 saturated carbocycles. The third-order valence-electron chi connectivity index (χ3n) is 6.05. The Hall–Kier alpha value is -4.31. The molecule has 0 spiro atoms. The van der Waals surface area contributed by atoms with Crippen molar-refractivity contribution in [1.82, 2.24) is 20.4 Å². The first-order valence-corrected chi connectivity index (χ1v) is 11.5. The molecule has 2 aromatic heterocycles. The zero-order valence-electron chi connectivity index (χ0n) is 19.7. The van der Waals surface area contributed by atoms with E-state index in [9.17, 15) is 19.1 Å². The molecule has 0 unspecified atom stereocenters. The van der Waals surface area contributed by atoms with E-state index in [0.717, 1.165) is 18.5 Å². The van der Waals surface area contributed by atoms with Crippen molar-refractivity contribution in [3.05, 3.63) is 87.6 Å². The van der Waals surface area contributed by atoms with Gasteiger partial charge in [-0.15, -0.1) is 0 Å². The minimum absolute atomic E-state index is 0.0343. The number of hydrogen-bond acceptors (Lipinski definition) is 6. The molecule has 9 nitrogen and oxygen atoms in total. The number of carbonyl (C=O) groups excluding carboxylic acids is 1. The average Bonchev–Trinajstić information content (AvgIpc) is 3.60. The van der Waals surface area contributed by atoms with Crippen molar-refractivity contribution in [2.45, 2.75) is 38.2 Å². The number of hydrogen-bond donors (Lipinski definition) is 5. The van der Waals surface area contributed by atoms with Crippen LogP contribution in [0.2, 0.25) is 0 Å². The van der Waals surface area contributed by atoms with E-state index in [-0.39, 0.29) is 11.4 Å². The molecule has 10 heteroatoms. The molecule has 5 N–H and O–H groups in total. The van der Waals surface area contributed by atoms with Crippen LogP contribution in [0.15, 0.2) is 59.4 Å². The lowest BCUT2D eigenvalue weighted by molar-refractivity contribution is 0.0785. The maximum atomic E-state index is 14.5. The molecule has 0 bridgehead atoms. The van der Waals surface area contributed by atoms with Gasteiger partial charge < -0.3 is 15.7 Å². The Labute approximate surface area is 205 Å². The number of carbonyl (C=O) groups is 1. The molecule has 36 heavy (non-hydrogen) atoms. The van der Waals surface area contributed by atoms with Gasteiger partial charge >= 0.3 is 0 Å². The number of rotatable bonds is 7. The Morgan fingerprint density at radius 3 is 2.47 bits per heavy atom. The summed E-state index contributed by atoms with van der Waals surface area (Å²) in [6.07, 6.45) is 2.24. The standard InChI is InChI=1S/C26H25FN6O3/c1-26(2,36)17-8-5-15(6-9-17)24(34)29-21-11-16(7-10-18(21)27)19-12-22(25(35)33-31-19)28-23-13-20(30-32-23)14-3-4-14/h5-14,36H,3-4H2,1-2H3,(H,29,34)(H,33,35)(H2,28,30,31,32). The van der Waals surface area contributed by atoms with Gasteiger partial charge in [0.2, 0.25) is 0 Å². The Morgan fingerprint density at radius 1 is 1.03 bits per heavy atom. The van der Waals surface area contributed by atoms with E-state index in [1.807, 2.05) is 6.07 Å². The van der Waals surface area contributed by atoms with Gasteiger partial charge in [0.25, 0.3) is 11.5 Å². The van der Waals surface area contributed by atoms with Crippen LogP contribution in [0, 0.1) is 5.82 Å². The number of benzene rings is 2. The highest BCUT2D eigenvalue weighted by molar-refractivity contribution is 6.04. The van der Waals surface area contributed by atoms with Crippen LogP contribution in [0.5, 0.6) is 0 Å². The monoisotopic (exact) mass is 488 g/mol. The molecule has 1 amide bonds. The number of halogens is 1. The van der Waals surface area contributed by atoms with Crippen LogP contribution in [-0.4, -0.2) is 31.4 Å². The Bertz CT molecular complexity index is 1480. The summed E-state index contributed by atoms with van der Waals surface area (Å²) >= 11 is 0. The Balaban J connectivity index is 1.36. The van der Waals surface area contributed by atoms with Crippen molar-refractivity contribution in [3.63, 3.8) is 0 Å². The topological polar surface area (TPSA) is 136 Å². The molecule has 0 saturated heterocycles. The zero-order valence-corrected chi connectivity index (χ0v) is 19.7. The third-order valence-corrected chi connectivity index (χ3v) is 6.05. The van der Waals surface area contributed by atoms with Crippen LogP contribution >= 0.6 is 0 Å². The fourth-order valence-corrected chi connectivity index (χ4v) is 3.79. The van der Waals surface area contributed by atoms with Gasteiger partial charge in [0.15, 0.2) is 5.82 Å². The second kappa shape index (κ2) is 9.04. The van der Waals surface area contributed by atoms with Gasteiger partial charge in [-0.05, 0) is 68.7 Å². The van der Waals surface area contributed by atoms with Crippen LogP contribution in [0.4, 0.5) is 21.6 Å². The molecule has 1 aliphatic carbocycles. The summed E-state index contributed by atoms with van der Waals surface area (Å²) in [5.74, 6) is -0.115. The van der Waals surface area contributed by atoms with Crippen molar-refractivity contribution in [2.75, 3.05) is 10.6 Å². The van der Waals surface area contributed by atoms with E-state index in [0.29, 0.717) is 34.1 Å². The van der Waals surface area contributed by atoms with E-state index < -0.39 is 22.9 Å². The van der Waals surface area contributed by atoms with Crippen molar-refractivity contribution in [3.8, 4) is 11.3 Å². The number of aliphatic hydroxyl groups is 1. The second-order valence-electron chi connectivity index (χ2n) is 9.39. The first-order chi connectivity index (χ1) is 17.2. The fraction of sp³-hybridized carbons (Fsp3) is 0.231. The van der Waals surface area contributed by atoms with Gasteiger partial charge in [-0.25, -0.2) is 9.49 Å². The molecular weight excluding hydrogens is 463 g/mol. The molecule has 0 aliphatic heterocycles. The molecule has 1 aliphatic rings. The van der Waals surface area contributed by atoms with E-state index >= 15 is 0 Å². The first kappa shape index (κ1) is 23.4. The molecular formula is C26H25FN6O3. The van der Waals surface area contributed by atoms with Crippen LogP contribution in [-0.2, 0) is 5.60 Å². The summed E-state index contributed by atoms with van der Waals surface area (Å²) in [6, 6.07) is 14.0. The van der Waals surface area contributed by atoms with Crippen molar-refractivity contribution in [2.24, 2.45) is 0 Å². The van der Waals surface area contributed by atoms with Gasteiger partial charge in [-0.2, -0.15) is 10.2 Å². The maximum absolute atomic E-state index is 14.5. The second-order valence-corrected chi connectivity index (χ2v) is 9.39. The fourth-order valence-electron chi connectivity index (χ4n) is 3.79. The summed E-state index contributed by atoms with van der Waals surface area (Å²) in [5, 5.41) is 29.3. The highest BCUT2D eigenvalue weighted by Gasteiger charge is 2.25. The molecule has 0 atom stereocenters. The Kier molecular flexibility index (Phi) is 5.89. The molecule has 0 radical (unpaired) electrons. The molecule has 5 rings (SSSR count). The summed E-state index contributed by atoms with van der Waals surface area (Å²) < 4.78 is 14.5. The van der Waals surface area contributed by atoms with Crippen molar-refractivity contribution < 1.29 is 14.3 Å². The predicted molar refractivity (Wildman–Crippen MR) is 134 cm³/mol. The van der Waals surface area contributed by atoms with Crippen LogP contribution in [0.25, 0.3) is 11.3 Å². The van der Waals surface area contributed by atoms with Gasteiger partial charge in [0, 0.05) is 28.8 Å². The number of aromatic amines is 2. The van der Waals surface area contributed by atoms with E-state index in [2.05, 4.69) is 31.0 Å². The van der Waals surface area contributed by atoms with Crippen LogP contribution < -0.4 is 16.2 Å². The number of aromatic nitrogens is 4. The van der Waals surface area contributed by atoms with Crippen LogP contribution in [0.3, 0.4) is 0 Å². The SMILES string of the molecule is CC(C)(O)c1ccc(C(=O)Nc2cc(-c3cc(Nc4cc(C5CC5)[nH]n4)c(=O)[nH]n3)ccc2F)cc1. The average molecular weight is 489 g/mol. The predicted octanol–water partition coefficient (Wildman–Crippen LogP) is 4.40. The smallest absolute Gasteiger partial charge is 0.287 e. The summed E-state index contributed by atoms with van der Waals surface area (Å²) in [6.45, 7) is 3.30. The van der Waals surface area contributed by atoms with Crippen LogP contribution in [0.1, 0.15) is 54.2 Å². The Morgan fingerprint density at radius 2 is 1.78 bits per heavy atom. The number of H-pyrrole nitrogens is 2. The number of nitrogens with zero attached hydrogens (tertiary/aromatic N) is 2. The molecule has 4 aromatic rings. The van der Waals surface area contributed by atoms with E-state index in [4.69, 9.17) is 0 Å². The zero-order chi connectivity index (χ0) is 25.4. The maximum Gasteiger partial charge on any atom is 0.287 e. The first-order valence-electron chi connectivity index (χ1n) is 11.5. The number of anilines is 3. The van der Waals surface area contributed by atoms with Crippen molar-refractivity contribution >= 4 is 23.1 Å².